The summed E-state index contributed by atoms with van der Waals surface area (Å²) in [7, 11) is -3.84. The molecule has 8 heteroatoms. The fourth-order valence-corrected chi connectivity index (χ4v) is 2.60. The molecule has 0 saturated heterocycles. The van der Waals surface area contributed by atoms with Crippen LogP contribution in [0.2, 0.25) is 0 Å². The molecule has 0 aliphatic heterocycles. The highest BCUT2D eigenvalue weighted by molar-refractivity contribution is 7.92. The van der Waals surface area contributed by atoms with E-state index in [1.54, 1.807) is 24.4 Å². The van der Waals surface area contributed by atoms with Gasteiger partial charge in [-0.2, -0.15) is 8.42 Å². The summed E-state index contributed by atoms with van der Waals surface area (Å²) in [6.07, 6.45) is 3.01. The summed E-state index contributed by atoms with van der Waals surface area (Å²) in [4.78, 5) is 3.99. The maximum absolute atomic E-state index is 12.2. The van der Waals surface area contributed by atoms with Gasteiger partial charge in [0, 0.05) is 12.3 Å². The number of rotatable bonds is 4. The highest BCUT2D eigenvalue weighted by Gasteiger charge is 2.20. The molecular formula is C13H11N3O4S. The molecule has 0 saturated carbocycles. The van der Waals surface area contributed by atoms with Gasteiger partial charge in [0.05, 0.1) is 6.20 Å². The molecule has 3 aromatic rings. The van der Waals surface area contributed by atoms with Crippen LogP contribution in [0.4, 0.5) is 5.82 Å². The van der Waals surface area contributed by atoms with Gasteiger partial charge in [0.2, 0.25) is 10.9 Å². The summed E-state index contributed by atoms with van der Waals surface area (Å²) in [5, 5.41) is 3.31. The van der Waals surface area contributed by atoms with Crippen LogP contribution in [0, 0.1) is 6.92 Å². The zero-order valence-electron chi connectivity index (χ0n) is 11.0. The lowest BCUT2D eigenvalue weighted by molar-refractivity contribution is 0.401. The van der Waals surface area contributed by atoms with Gasteiger partial charge in [-0.25, -0.2) is 4.98 Å². The smallest absolute Gasteiger partial charge is 0.296 e. The Hall–Kier alpha value is -2.61. The average molecular weight is 305 g/mol. The summed E-state index contributed by atoms with van der Waals surface area (Å²) < 4.78 is 36.9. The van der Waals surface area contributed by atoms with Crippen LogP contribution in [0.1, 0.15) is 5.56 Å². The molecule has 1 N–H and O–H groups in total. The number of hydrogen-bond acceptors (Lipinski definition) is 6. The SMILES string of the molecule is Cc1ccc(NS(=O)(=O)c2ccc(-c3ccno3)o2)nc1. The molecule has 0 aliphatic rings. The van der Waals surface area contributed by atoms with Crippen LogP contribution in [0.15, 0.2) is 56.8 Å². The third-order valence-corrected chi connectivity index (χ3v) is 3.90. The number of pyridine rings is 1. The first-order valence-corrected chi connectivity index (χ1v) is 7.49. The van der Waals surface area contributed by atoms with E-state index >= 15 is 0 Å². The topological polar surface area (TPSA) is 98.2 Å². The Morgan fingerprint density at radius 1 is 1.10 bits per heavy atom. The van der Waals surface area contributed by atoms with E-state index < -0.39 is 10.0 Å². The van der Waals surface area contributed by atoms with E-state index in [1.807, 2.05) is 6.92 Å². The Kier molecular flexibility index (Phi) is 3.22. The zero-order valence-corrected chi connectivity index (χ0v) is 11.8. The minimum absolute atomic E-state index is 0.221. The van der Waals surface area contributed by atoms with Crippen molar-refractivity contribution in [3.8, 4) is 11.5 Å². The lowest BCUT2D eigenvalue weighted by atomic mass is 10.3. The van der Waals surface area contributed by atoms with Gasteiger partial charge in [-0.1, -0.05) is 11.2 Å². The van der Waals surface area contributed by atoms with E-state index in [2.05, 4.69) is 14.9 Å². The van der Waals surface area contributed by atoms with Crippen molar-refractivity contribution in [2.75, 3.05) is 4.72 Å². The summed E-state index contributed by atoms with van der Waals surface area (Å²) in [6.45, 7) is 1.86. The molecule has 21 heavy (non-hydrogen) atoms. The quantitative estimate of drug-likeness (QED) is 0.795. The van der Waals surface area contributed by atoms with Crippen LogP contribution in [0.3, 0.4) is 0 Å². The molecule has 0 fully saturated rings. The van der Waals surface area contributed by atoms with E-state index in [4.69, 9.17) is 8.94 Å². The molecule has 7 nitrogen and oxygen atoms in total. The molecule has 0 spiro atoms. The number of furan rings is 1. The van der Waals surface area contributed by atoms with Crippen LogP contribution >= 0.6 is 0 Å². The number of aromatic nitrogens is 2. The lowest BCUT2D eigenvalue weighted by Gasteiger charge is -2.04. The van der Waals surface area contributed by atoms with Crippen molar-refractivity contribution in [3.05, 3.63) is 48.3 Å². The van der Waals surface area contributed by atoms with E-state index in [-0.39, 0.29) is 16.7 Å². The number of aryl methyl sites for hydroxylation is 1. The number of nitrogens with one attached hydrogen (secondary N) is 1. The molecule has 3 rings (SSSR count). The van der Waals surface area contributed by atoms with Gasteiger partial charge < -0.3 is 8.94 Å². The molecule has 108 valence electrons. The summed E-state index contributed by atoms with van der Waals surface area (Å²) in [5.74, 6) is 0.855. The van der Waals surface area contributed by atoms with Gasteiger partial charge in [-0.15, -0.1) is 0 Å². The highest BCUT2D eigenvalue weighted by atomic mass is 32.2. The second-order valence-electron chi connectivity index (χ2n) is 4.32. The van der Waals surface area contributed by atoms with Gasteiger partial charge in [0.15, 0.2) is 5.76 Å². The third-order valence-electron chi connectivity index (χ3n) is 2.68. The maximum Gasteiger partial charge on any atom is 0.296 e. The number of anilines is 1. The average Bonchev–Trinajstić information content (AvgIpc) is 3.11. The Morgan fingerprint density at radius 3 is 2.62 bits per heavy atom. The molecule has 0 unspecified atom stereocenters. The van der Waals surface area contributed by atoms with E-state index in [9.17, 15) is 8.42 Å². The number of hydrogen-bond donors (Lipinski definition) is 1. The van der Waals surface area contributed by atoms with Crippen LogP contribution in [-0.2, 0) is 10.0 Å². The zero-order chi connectivity index (χ0) is 14.9. The summed E-state index contributed by atoms with van der Waals surface area (Å²) in [6, 6.07) is 7.75. The van der Waals surface area contributed by atoms with Crippen LogP contribution in [-0.4, -0.2) is 18.6 Å². The standard InChI is InChI=1S/C13H11N3O4S/c1-9-2-4-12(14-8-9)16-21(17,18)13-5-3-10(19-13)11-6-7-15-20-11/h2-8H,1H3,(H,14,16). The number of nitrogens with zero attached hydrogens (tertiary/aromatic N) is 2. The van der Waals surface area contributed by atoms with Gasteiger partial charge >= 0.3 is 0 Å². The monoisotopic (exact) mass is 305 g/mol. The van der Waals surface area contributed by atoms with Crippen LogP contribution in [0.25, 0.3) is 11.5 Å². The predicted molar refractivity (Wildman–Crippen MR) is 74.0 cm³/mol. The van der Waals surface area contributed by atoms with Crippen molar-refractivity contribution in [1.82, 2.24) is 10.1 Å². The lowest BCUT2D eigenvalue weighted by Crippen LogP contribution is -2.13. The molecule has 0 bridgehead atoms. The van der Waals surface area contributed by atoms with Crippen LogP contribution in [0.5, 0.6) is 0 Å². The van der Waals surface area contributed by atoms with Gasteiger partial charge in [-0.05, 0) is 30.7 Å². The second-order valence-corrected chi connectivity index (χ2v) is 5.94. The molecule has 0 radical (unpaired) electrons. The molecule has 0 amide bonds. The first-order valence-electron chi connectivity index (χ1n) is 6.01. The van der Waals surface area contributed by atoms with Crippen molar-refractivity contribution in [2.24, 2.45) is 0 Å². The van der Waals surface area contributed by atoms with E-state index in [0.29, 0.717) is 5.76 Å². The minimum atomic E-state index is -3.84. The molecule has 0 aromatic carbocycles. The molecule has 0 atom stereocenters. The summed E-state index contributed by atoms with van der Waals surface area (Å²) in [5.41, 5.74) is 0.934. The van der Waals surface area contributed by atoms with Crippen LogP contribution < -0.4 is 4.72 Å². The first-order chi connectivity index (χ1) is 10.0. The largest absolute Gasteiger partial charge is 0.439 e. The molecule has 3 heterocycles. The van der Waals surface area contributed by atoms with Gasteiger partial charge in [0.1, 0.15) is 5.82 Å². The van der Waals surface area contributed by atoms with E-state index in [0.717, 1.165) is 5.56 Å². The van der Waals surface area contributed by atoms with Crippen molar-refractivity contribution in [2.45, 2.75) is 12.0 Å². The first kappa shape index (κ1) is 13.4. The van der Waals surface area contributed by atoms with Crippen molar-refractivity contribution < 1.29 is 17.4 Å². The Labute approximate surface area is 120 Å². The predicted octanol–water partition coefficient (Wildman–Crippen LogP) is 2.44. The normalized spacial score (nSPS) is 11.5. The maximum atomic E-state index is 12.2. The van der Waals surface area contributed by atoms with Crippen molar-refractivity contribution in [3.63, 3.8) is 0 Å². The Bertz CT molecular complexity index is 836. The number of sulfonamides is 1. The third kappa shape index (κ3) is 2.79. The Balaban J connectivity index is 1.87. The van der Waals surface area contributed by atoms with Crippen molar-refractivity contribution in [1.29, 1.82) is 0 Å². The van der Waals surface area contributed by atoms with Gasteiger partial charge in [0.25, 0.3) is 10.0 Å². The summed E-state index contributed by atoms with van der Waals surface area (Å²) >= 11 is 0. The van der Waals surface area contributed by atoms with Gasteiger partial charge in [-0.3, -0.25) is 4.72 Å². The van der Waals surface area contributed by atoms with Crippen molar-refractivity contribution >= 4 is 15.8 Å². The Morgan fingerprint density at radius 2 is 1.95 bits per heavy atom. The fourth-order valence-electron chi connectivity index (χ4n) is 1.66. The van der Waals surface area contributed by atoms with E-state index in [1.165, 1.54) is 18.3 Å². The minimum Gasteiger partial charge on any atom is -0.439 e. The fraction of sp³-hybridized carbons (Fsp3) is 0.0769. The molecule has 3 aromatic heterocycles. The highest BCUT2D eigenvalue weighted by Crippen LogP contribution is 2.25. The molecular weight excluding hydrogens is 294 g/mol. The second kappa shape index (κ2) is 5.06. The molecule has 0 aliphatic carbocycles.